The van der Waals surface area contributed by atoms with Gasteiger partial charge >= 0.3 is 0 Å². The first-order chi connectivity index (χ1) is 7.24. The zero-order valence-corrected chi connectivity index (χ0v) is 8.57. The average Bonchev–Trinajstić information content (AvgIpc) is 2.65. The Morgan fingerprint density at radius 1 is 1.47 bits per heavy atom. The van der Waals surface area contributed by atoms with E-state index in [2.05, 4.69) is 4.98 Å². The first-order valence-corrected chi connectivity index (χ1v) is 4.70. The van der Waals surface area contributed by atoms with E-state index in [0.29, 0.717) is 23.3 Å². The van der Waals surface area contributed by atoms with Crippen LogP contribution in [-0.2, 0) is 6.61 Å². The zero-order chi connectivity index (χ0) is 10.7. The summed E-state index contributed by atoms with van der Waals surface area (Å²) in [6.07, 6.45) is 1.58. The molecule has 2 aromatic heterocycles. The Hall–Kier alpha value is -1.68. The zero-order valence-electron chi connectivity index (χ0n) is 7.81. The van der Waals surface area contributed by atoms with Crippen molar-refractivity contribution in [2.24, 2.45) is 0 Å². The lowest BCUT2D eigenvalue weighted by Gasteiger charge is -2.04. The summed E-state index contributed by atoms with van der Waals surface area (Å²) in [6, 6.07) is 6.77. The van der Waals surface area contributed by atoms with Crippen LogP contribution >= 0.6 is 11.6 Å². The van der Waals surface area contributed by atoms with Gasteiger partial charge in [-0.25, -0.2) is 4.98 Å². The minimum atomic E-state index is 0.305. The second-order valence-corrected chi connectivity index (χ2v) is 3.32. The second-order valence-electron chi connectivity index (χ2n) is 2.93. The quantitative estimate of drug-likeness (QED) is 0.814. The molecule has 0 aliphatic rings. The standard InChI is InChI=1S/C10H9ClN2O2/c11-9-4-7(12)5-10(13-9)15-6-8-2-1-3-14-8/h1-5H,6H2,(H2,12,13). The lowest BCUT2D eigenvalue weighted by molar-refractivity contribution is 0.261. The summed E-state index contributed by atoms with van der Waals surface area (Å²) in [6.45, 7) is 0.305. The number of nitrogens with zero attached hydrogens (tertiary/aromatic N) is 1. The molecule has 2 N–H and O–H groups in total. The molecule has 78 valence electrons. The van der Waals surface area contributed by atoms with Crippen molar-refractivity contribution >= 4 is 17.3 Å². The second kappa shape index (κ2) is 4.23. The Morgan fingerprint density at radius 2 is 2.33 bits per heavy atom. The third kappa shape index (κ3) is 2.63. The average molecular weight is 225 g/mol. The van der Waals surface area contributed by atoms with Gasteiger partial charge < -0.3 is 14.9 Å². The highest BCUT2D eigenvalue weighted by Gasteiger charge is 2.01. The van der Waals surface area contributed by atoms with Crippen molar-refractivity contribution in [2.45, 2.75) is 6.61 Å². The van der Waals surface area contributed by atoms with E-state index in [9.17, 15) is 0 Å². The predicted octanol–water partition coefficient (Wildman–Crippen LogP) is 2.49. The normalized spacial score (nSPS) is 10.2. The van der Waals surface area contributed by atoms with E-state index in [0.717, 1.165) is 5.76 Å². The fraction of sp³-hybridized carbons (Fsp3) is 0.100. The van der Waals surface area contributed by atoms with Gasteiger partial charge in [0.25, 0.3) is 0 Å². The number of aromatic nitrogens is 1. The molecule has 0 saturated heterocycles. The smallest absolute Gasteiger partial charge is 0.217 e. The number of pyridine rings is 1. The monoisotopic (exact) mass is 224 g/mol. The SMILES string of the molecule is Nc1cc(Cl)nc(OCc2ccco2)c1. The van der Waals surface area contributed by atoms with Crippen molar-refractivity contribution in [3.8, 4) is 5.88 Å². The summed E-state index contributed by atoms with van der Waals surface area (Å²) in [4.78, 5) is 3.95. The molecule has 0 aliphatic carbocycles. The summed E-state index contributed by atoms with van der Waals surface area (Å²) in [5, 5.41) is 0.310. The molecule has 2 rings (SSSR count). The number of rotatable bonds is 3. The largest absolute Gasteiger partial charge is 0.469 e. The van der Waals surface area contributed by atoms with E-state index in [1.54, 1.807) is 24.5 Å². The van der Waals surface area contributed by atoms with E-state index < -0.39 is 0 Å². The summed E-state index contributed by atoms with van der Waals surface area (Å²) in [5.74, 6) is 1.10. The summed E-state index contributed by atoms with van der Waals surface area (Å²) >= 11 is 5.72. The maximum Gasteiger partial charge on any atom is 0.217 e. The molecule has 0 radical (unpaired) electrons. The van der Waals surface area contributed by atoms with Crippen LogP contribution < -0.4 is 10.5 Å². The molecule has 0 spiro atoms. The number of ether oxygens (including phenoxy) is 1. The molecule has 0 amide bonds. The number of hydrogen-bond acceptors (Lipinski definition) is 4. The Bertz CT molecular complexity index is 422. The van der Waals surface area contributed by atoms with Gasteiger partial charge in [0.2, 0.25) is 5.88 Å². The molecule has 5 heteroatoms. The van der Waals surface area contributed by atoms with Crippen LogP contribution in [-0.4, -0.2) is 4.98 Å². The summed E-state index contributed by atoms with van der Waals surface area (Å²) in [5.41, 5.74) is 6.10. The molecule has 0 bridgehead atoms. The molecule has 0 unspecified atom stereocenters. The van der Waals surface area contributed by atoms with Crippen LogP contribution in [0.25, 0.3) is 0 Å². The minimum Gasteiger partial charge on any atom is -0.469 e. The molecule has 0 fully saturated rings. The van der Waals surface area contributed by atoms with Crippen molar-refractivity contribution in [3.05, 3.63) is 41.4 Å². The number of furan rings is 1. The van der Waals surface area contributed by atoms with Gasteiger partial charge in [-0.15, -0.1) is 0 Å². The van der Waals surface area contributed by atoms with Gasteiger partial charge in [-0.2, -0.15) is 0 Å². The maximum atomic E-state index is 5.72. The van der Waals surface area contributed by atoms with Gasteiger partial charge in [-0.05, 0) is 18.2 Å². The Kier molecular flexibility index (Phi) is 2.78. The van der Waals surface area contributed by atoms with Crippen LogP contribution in [0.1, 0.15) is 5.76 Å². The predicted molar refractivity (Wildman–Crippen MR) is 56.7 cm³/mol. The van der Waals surface area contributed by atoms with E-state index in [-0.39, 0.29) is 0 Å². The summed E-state index contributed by atoms with van der Waals surface area (Å²) in [7, 11) is 0. The topological polar surface area (TPSA) is 61.3 Å². The molecule has 0 aliphatic heterocycles. The molecule has 2 aromatic rings. The lowest BCUT2D eigenvalue weighted by Crippen LogP contribution is -1.97. The highest BCUT2D eigenvalue weighted by molar-refractivity contribution is 6.29. The number of halogens is 1. The van der Waals surface area contributed by atoms with E-state index >= 15 is 0 Å². The van der Waals surface area contributed by atoms with Crippen LogP contribution in [0.5, 0.6) is 5.88 Å². The van der Waals surface area contributed by atoms with Gasteiger partial charge in [0.1, 0.15) is 17.5 Å². The van der Waals surface area contributed by atoms with Crippen LogP contribution in [0.3, 0.4) is 0 Å². The van der Waals surface area contributed by atoms with Crippen molar-refractivity contribution in [1.29, 1.82) is 0 Å². The Morgan fingerprint density at radius 3 is 3.00 bits per heavy atom. The molecular weight excluding hydrogens is 216 g/mol. The number of hydrogen-bond donors (Lipinski definition) is 1. The third-order valence-corrected chi connectivity index (χ3v) is 1.93. The van der Waals surface area contributed by atoms with Gasteiger partial charge in [0, 0.05) is 11.8 Å². The molecule has 0 aromatic carbocycles. The highest BCUT2D eigenvalue weighted by Crippen LogP contribution is 2.18. The van der Waals surface area contributed by atoms with E-state index in [1.165, 1.54) is 0 Å². The number of anilines is 1. The molecule has 0 saturated carbocycles. The maximum absolute atomic E-state index is 5.72. The Balaban J connectivity index is 2.05. The fourth-order valence-electron chi connectivity index (χ4n) is 1.11. The van der Waals surface area contributed by atoms with Gasteiger partial charge in [0.05, 0.1) is 6.26 Å². The lowest BCUT2D eigenvalue weighted by atomic mass is 10.4. The highest BCUT2D eigenvalue weighted by atomic mass is 35.5. The third-order valence-electron chi connectivity index (χ3n) is 1.74. The van der Waals surface area contributed by atoms with Crippen LogP contribution in [0, 0.1) is 0 Å². The molecule has 15 heavy (non-hydrogen) atoms. The molecule has 0 atom stereocenters. The van der Waals surface area contributed by atoms with Crippen molar-refractivity contribution < 1.29 is 9.15 Å². The van der Waals surface area contributed by atoms with Gasteiger partial charge in [-0.3, -0.25) is 0 Å². The van der Waals surface area contributed by atoms with Gasteiger partial charge in [0.15, 0.2) is 0 Å². The van der Waals surface area contributed by atoms with Crippen LogP contribution in [0.15, 0.2) is 34.9 Å². The minimum absolute atomic E-state index is 0.305. The number of nitrogens with two attached hydrogens (primary N) is 1. The first kappa shape index (κ1) is 9.86. The van der Waals surface area contributed by atoms with Crippen molar-refractivity contribution in [3.63, 3.8) is 0 Å². The Labute approximate surface area is 91.6 Å². The molecule has 4 nitrogen and oxygen atoms in total. The van der Waals surface area contributed by atoms with E-state index in [1.807, 2.05) is 6.07 Å². The van der Waals surface area contributed by atoms with Crippen molar-refractivity contribution in [2.75, 3.05) is 5.73 Å². The molecular formula is C10H9ClN2O2. The van der Waals surface area contributed by atoms with Crippen LogP contribution in [0.2, 0.25) is 5.15 Å². The van der Waals surface area contributed by atoms with Crippen molar-refractivity contribution in [1.82, 2.24) is 4.98 Å². The van der Waals surface area contributed by atoms with Crippen LogP contribution in [0.4, 0.5) is 5.69 Å². The fourth-order valence-corrected chi connectivity index (χ4v) is 1.31. The number of nitrogen functional groups attached to an aromatic ring is 1. The molecule has 2 heterocycles. The first-order valence-electron chi connectivity index (χ1n) is 4.32. The summed E-state index contributed by atoms with van der Waals surface area (Å²) < 4.78 is 10.4. The van der Waals surface area contributed by atoms with Gasteiger partial charge in [-0.1, -0.05) is 11.6 Å². The van der Waals surface area contributed by atoms with E-state index in [4.69, 9.17) is 26.5 Å².